The van der Waals surface area contributed by atoms with Crippen LogP contribution in [0.3, 0.4) is 0 Å². The monoisotopic (exact) mass is 840 g/mol. The van der Waals surface area contributed by atoms with Crippen molar-refractivity contribution >= 4 is 27.7 Å². The number of fused-ring (bicyclic) bond motifs is 5. The Hall–Kier alpha value is -4.21. The minimum atomic E-state index is -0.190. The molecule has 50 heavy (non-hydrogen) atoms. The van der Waals surface area contributed by atoms with Crippen molar-refractivity contribution < 1.29 is 30.5 Å². The van der Waals surface area contributed by atoms with E-state index in [0.717, 1.165) is 39.0 Å². The van der Waals surface area contributed by atoms with Gasteiger partial charge in [-0.05, 0) is 47.3 Å². The van der Waals surface area contributed by atoms with Crippen LogP contribution >= 0.6 is 0 Å². The van der Waals surface area contributed by atoms with Gasteiger partial charge in [-0.3, -0.25) is 4.99 Å². The molecule has 0 radical (unpaired) electrons. The zero-order chi connectivity index (χ0) is 34.2. The number of pyridine rings is 1. The predicted molar refractivity (Wildman–Crippen MR) is 199 cm³/mol. The maximum atomic E-state index is 6.77. The molecule has 2 aliphatic heterocycles. The fourth-order valence-electron chi connectivity index (χ4n) is 8.36. The quantitative estimate of drug-likeness (QED) is 0.151. The standard InChI is InChI=1S/C44H43N3O2.Pt/c1-25(2)40(26(3)4)37-24-48-43(46-37)31-20-30(29-13-10-9-11-14-29)21-32(22-31)49-39-23-38-33(19-28(39)6)34-17-27(5)18-36-41(34)47(38)42-35(44(36,7)8)15-12-16-45-42;/h9-21,25-26,37,40H,24H2,1-8H3;/q-2;+2/t37-;/m0./s1. The molecule has 0 bridgehead atoms. The van der Waals surface area contributed by atoms with E-state index in [1.165, 1.54) is 27.6 Å². The number of aliphatic imine (C=N–C) groups is 1. The average Bonchev–Trinajstić information content (AvgIpc) is 3.67. The van der Waals surface area contributed by atoms with E-state index in [9.17, 15) is 0 Å². The maximum absolute atomic E-state index is 6.77. The third-order valence-corrected chi connectivity index (χ3v) is 10.6. The Morgan fingerprint density at radius 1 is 0.860 bits per heavy atom. The summed E-state index contributed by atoms with van der Waals surface area (Å²) in [5.41, 5.74) is 9.61. The zero-order valence-corrected chi connectivity index (χ0v) is 32.3. The zero-order valence-electron chi connectivity index (χ0n) is 30.0. The first kappa shape index (κ1) is 34.2. The average molecular weight is 841 g/mol. The van der Waals surface area contributed by atoms with Gasteiger partial charge >= 0.3 is 21.1 Å². The molecule has 0 N–H and O–H groups in total. The molecule has 0 aliphatic carbocycles. The topological polar surface area (TPSA) is 48.6 Å². The molecule has 6 heteroatoms. The summed E-state index contributed by atoms with van der Waals surface area (Å²) in [4.78, 5) is 10.1. The number of hydrogen-bond acceptors (Lipinski definition) is 4. The SMILES string of the molecule is Cc1cc2c3c(c1)c1cc(C)c(Oc4[c-]c(C5=N[C@H](C(C(C)C)C(C)C)CO5)cc(-c5ccccc5)c4)[c-]c1n3-c1ncccc1C2(C)C.[Pt+2]. The molecule has 2 aromatic heterocycles. The maximum Gasteiger partial charge on any atom is 2.00 e. The van der Waals surface area contributed by atoms with E-state index in [-0.39, 0.29) is 32.5 Å². The first-order valence-electron chi connectivity index (χ1n) is 17.5. The molecular formula is C44H43N3O2Pt. The Balaban J connectivity index is 0.00000392. The smallest absolute Gasteiger partial charge is 0.518 e. The van der Waals surface area contributed by atoms with Gasteiger partial charge in [0.25, 0.3) is 0 Å². The Morgan fingerprint density at radius 3 is 2.36 bits per heavy atom. The van der Waals surface area contributed by atoms with E-state index in [0.29, 0.717) is 41.8 Å². The predicted octanol–water partition coefficient (Wildman–Crippen LogP) is 10.6. The van der Waals surface area contributed by atoms with Gasteiger partial charge in [-0.15, -0.1) is 23.1 Å². The second kappa shape index (κ2) is 12.8. The van der Waals surface area contributed by atoms with Crippen molar-refractivity contribution in [2.45, 2.75) is 66.8 Å². The molecule has 4 heterocycles. The van der Waals surface area contributed by atoms with Crippen LogP contribution in [0.25, 0.3) is 38.8 Å². The van der Waals surface area contributed by atoms with Crippen molar-refractivity contribution in [3.63, 3.8) is 0 Å². The number of hydrogen-bond donors (Lipinski definition) is 0. The van der Waals surface area contributed by atoms with Crippen molar-refractivity contribution in [3.8, 4) is 28.4 Å². The first-order chi connectivity index (χ1) is 23.5. The number of rotatable bonds is 7. The Labute approximate surface area is 310 Å². The summed E-state index contributed by atoms with van der Waals surface area (Å²) >= 11 is 0. The van der Waals surface area contributed by atoms with Crippen LogP contribution in [0.2, 0.25) is 0 Å². The van der Waals surface area contributed by atoms with Gasteiger partial charge in [-0.1, -0.05) is 131 Å². The van der Waals surface area contributed by atoms with Crippen molar-refractivity contribution in [3.05, 3.63) is 119 Å². The van der Waals surface area contributed by atoms with Crippen LogP contribution in [0.5, 0.6) is 11.5 Å². The molecule has 8 rings (SSSR count). The van der Waals surface area contributed by atoms with Gasteiger partial charge < -0.3 is 14.0 Å². The molecule has 2 aliphatic rings. The van der Waals surface area contributed by atoms with Crippen LogP contribution in [0.1, 0.15) is 69.4 Å². The third-order valence-electron chi connectivity index (χ3n) is 10.6. The molecule has 256 valence electrons. The normalized spacial score (nSPS) is 16.1. The van der Waals surface area contributed by atoms with Gasteiger partial charge in [0.2, 0.25) is 0 Å². The van der Waals surface area contributed by atoms with Crippen LogP contribution < -0.4 is 4.74 Å². The fourth-order valence-corrected chi connectivity index (χ4v) is 8.36. The Kier molecular flexibility index (Phi) is 8.79. The molecule has 6 aromatic rings. The first-order valence-corrected chi connectivity index (χ1v) is 17.5. The summed E-state index contributed by atoms with van der Waals surface area (Å²) in [7, 11) is 0. The van der Waals surface area contributed by atoms with Crippen molar-refractivity contribution in [1.82, 2.24) is 9.55 Å². The fraction of sp³-hybridized carbons (Fsp3) is 0.318. The minimum Gasteiger partial charge on any atom is -0.518 e. The van der Waals surface area contributed by atoms with Gasteiger partial charge in [0.15, 0.2) is 0 Å². The molecule has 0 saturated heterocycles. The van der Waals surface area contributed by atoms with E-state index >= 15 is 0 Å². The summed E-state index contributed by atoms with van der Waals surface area (Å²) in [6.45, 7) is 18.6. The molecule has 0 saturated carbocycles. The Morgan fingerprint density at radius 2 is 1.62 bits per heavy atom. The number of nitrogens with zero attached hydrogens (tertiary/aromatic N) is 3. The van der Waals surface area contributed by atoms with Gasteiger partial charge in [0.05, 0.1) is 12.6 Å². The van der Waals surface area contributed by atoms with Crippen LogP contribution in [-0.2, 0) is 31.2 Å². The summed E-state index contributed by atoms with van der Waals surface area (Å²) in [5.74, 6) is 4.28. The van der Waals surface area contributed by atoms with E-state index in [2.05, 4.69) is 127 Å². The minimum absolute atomic E-state index is 0. The van der Waals surface area contributed by atoms with Crippen molar-refractivity contribution in [2.75, 3.05) is 6.61 Å². The van der Waals surface area contributed by atoms with Gasteiger partial charge in [-0.2, -0.15) is 6.07 Å². The van der Waals surface area contributed by atoms with Crippen molar-refractivity contribution in [2.24, 2.45) is 22.7 Å². The summed E-state index contributed by atoms with van der Waals surface area (Å²) in [6, 6.07) is 33.0. The molecular weight excluding hydrogens is 798 g/mol. The molecule has 0 unspecified atom stereocenters. The molecule has 0 fully saturated rings. The third kappa shape index (κ3) is 5.59. The summed E-state index contributed by atoms with van der Waals surface area (Å²) in [6.07, 6.45) is 1.88. The van der Waals surface area contributed by atoms with Crippen LogP contribution in [0, 0.1) is 43.7 Å². The molecule has 1 atom stereocenters. The molecule has 4 aromatic carbocycles. The molecule has 5 nitrogen and oxygen atoms in total. The van der Waals surface area contributed by atoms with E-state index in [1.807, 2.05) is 24.4 Å². The van der Waals surface area contributed by atoms with Gasteiger partial charge in [0.1, 0.15) is 11.7 Å². The van der Waals surface area contributed by atoms with Crippen molar-refractivity contribution in [1.29, 1.82) is 0 Å². The molecule has 0 amide bonds. The van der Waals surface area contributed by atoms with Crippen LogP contribution in [-0.4, -0.2) is 28.1 Å². The number of ether oxygens (including phenoxy) is 2. The number of aryl methyl sites for hydroxylation is 2. The van der Waals surface area contributed by atoms with Crippen LogP contribution in [0.15, 0.2) is 84.0 Å². The second-order valence-corrected chi connectivity index (χ2v) is 15.1. The van der Waals surface area contributed by atoms with E-state index in [1.54, 1.807) is 0 Å². The summed E-state index contributed by atoms with van der Waals surface area (Å²) in [5, 5.41) is 2.36. The van der Waals surface area contributed by atoms with Crippen LogP contribution in [0.4, 0.5) is 0 Å². The largest absolute Gasteiger partial charge is 2.00 e. The number of benzene rings is 4. The summed E-state index contributed by atoms with van der Waals surface area (Å²) < 4.78 is 15.3. The van der Waals surface area contributed by atoms with E-state index in [4.69, 9.17) is 19.5 Å². The second-order valence-electron chi connectivity index (χ2n) is 15.1. The van der Waals surface area contributed by atoms with E-state index < -0.39 is 0 Å². The van der Waals surface area contributed by atoms with Gasteiger partial charge in [0, 0.05) is 34.2 Å². The van der Waals surface area contributed by atoms with Gasteiger partial charge in [-0.25, -0.2) is 4.98 Å². The molecule has 0 spiro atoms. The Bertz CT molecular complexity index is 2270. The number of aromatic nitrogens is 2.